The average molecular weight is 380 g/mol. The van der Waals surface area contributed by atoms with Crippen LogP contribution in [0.1, 0.15) is 65.9 Å². The molecular weight excluding hydrogens is 346 g/mol. The molecule has 3 rings (SSSR count). The number of hydrogen-bond acceptors (Lipinski definition) is 4. The van der Waals surface area contributed by atoms with Gasteiger partial charge in [-0.2, -0.15) is 0 Å². The van der Waals surface area contributed by atoms with Crippen LogP contribution in [0, 0.1) is 27.7 Å². The zero-order valence-electron chi connectivity index (χ0n) is 17.8. The predicted octanol–water partition coefficient (Wildman–Crippen LogP) is 4.35. The van der Waals surface area contributed by atoms with E-state index < -0.39 is 0 Å². The van der Waals surface area contributed by atoms with E-state index in [9.17, 15) is 0 Å². The lowest BCUT2D eigenvalue weighted by Crippen LogP contribution is -2.15. The Morgan fingerprint density at radius 1 is 1.00 bits per heavy atom. The molecule has 0 amide bonds. The van der Waals surface area contributed by atoms with Crippen molar-refractivity contribution in [2.75, 3.05) is 6.54 Å². The van der Waals surface area contributed by atoms with Crippen LogP contribution in [0.5, 0.6) is 0 Å². The van der Waals surface area contributed by atoms with E-state index in [1.807, 2.05) is 6.92 Å². The summed E-state index contributed by atoms with van der Waals surface area (Å²) >= 11 is 0. The van der Waals surface area contributed by atoms with Crippen LogP contribution in [-0.2, 0) is 6.54 Å². The standard InChI is InChI=1S/C23H33N5/c1-6-7-8-19(12-25)21-20-16(4)13-28(23(20)27-17(5)26-21)22-14(2)9-18(11-24)10-15(22)3/h9-10,13,19H,6-8,11-12,24-25H2,1-5H3. The third-order valence-corrected chi connectivity index (χ3v) is 5.58. The van der Waals surface area contributed by atoms with Crippen LogP contribution in [0.3, 0.4) is 0 Å². The second-order valence-electron chi connectivity index (χ2n) is 7.89. The molecule has 0 aliphatic heterocycles. The van der Waals surface area contributed by atoms with Crippen molar-refractivity contribution < 1.29 is 0 Å². The lowest BCUT2D eigenvalue weighted by Gasteiger charge is -2.17. The van der Waals surface area contributed by atoms with Crippen molar-refractivity contribution in [2.45, 2.75) is 66.3 Å². The van der Waals surface area contributed by atoms with Crippen molar-refractivity contribution in [3.8, 4) is 5.69 Å². The summed E-state index contributed by atoms with van der Waals surface area (Å²) in [6, 6.07) is 4.34. The Bertz CT molecular complexity index is 963. The summed E-state index contributed by atoms with van der Waals surface area (Å²) in [5, 5.41) is 1.15. The second-order valence-corrected chi connectivity index (χ2v) is 7.89. The minimum Gasteiger partial charge on any atom is -0.330 e. The van der Waals surface area contributed by atoms with E-state index in [0.29, 0.717) is 13.1 Å². The molecule has 0 radical (unpaired) electrons. The predicted molar refractivity (Wildman–Crippen MR) is 117 cm³/mol. The van der Waals surface area contributed by atoms with Gasteiger partial charge in [0.25, 0.3) is 0 Å². The van der Waals surface area contributed by atoms with E-state index >= 15 is 0 Å². The number of aryl methyl sites for hydroxylation is 4. The summed E-state index contributed by atoms with van der Waals surface area (Å²) in [4.78, 5) is 9.69. The fourth-order valence-electron chi connectivity index (χ4n) is 4.28. The third-order valence-electron chi connectivity index (χ3n) is 5.58. The smallest absolute Gasteiger partial charge is 0.148 e. The summed E-state index contributed by atoms with van der Waals surface area (Å²) in [6.07, 6.45) is 5.57. The number of unbranched alkanes of at least 4 members (excludes halogenated alkanes) is 1. The highest BCUT2D eigenvalue weighted by molar-refractivity contribution is 5.85. The summed E-state index contributed by atoms with van der Waals surface area (Å²) in [7, 11) is 0. The third kappa shape index (κ3) is 3.69. The van der Waals surface area contributed by atoms with Crippen molar-refractivity contribution in [1.82, 2.24) is 14.5 Å². The molecule has 0 bridgehead atoms. The molecule has 2 heterocycles. The van der Waals surface area contributed by atoms with Crippen molar-refractivity contribution in [2.24, 2.45) is 11.5 Å². The van der Waals surface area contributed by atoms with E-state index in [4.69, 9.17) is 21.4 Å². The first-order chi connectivity index (χ1) is 13.4. The van der Waals surface area contributed by atoms with Crippen LogP contribution in [0.25, 0.3) is 16.7 Å². The van der Waals surface area contributed by atoms with E-state index in [1.165, 1.54) is 22.4 Å². The number of benzene rings is 1. The SMILES string of the molecule is CCCCC(CN)c1nc(C)nc2c1c(C)cn2-c1c(C)cc(CN)cc1C. The molecule has 0 aliphatic rings. The molecular formula is C23H33N5. The average Bonchev–Trinajstić information content (AvgIpc) is 2.97. The molecule has 1 aromatic carbocycles. The Morgan fingerprint density at radius 3 is 2.25 bits per heavy atom. The lowest BCUT2D eigenvalue weighted by atomic mass is 9.95. The molecule has 150 valence electrons. The van der Waals surface area contributed by atoms with Crippen molar-refractivity contribution >= 4 is 11.0 Å². The van der Waals surface area contributed by atoms with Gasteiger partial charge in [0.05, 0.1) is 11.4 Å². The molecule has 0 saturated carbocycles. The van der Waals surface area contributed by atoms with Crippen molar-refractivity contribution in [3.05, 3.63) is 52.1 Å². The molecule has 5 nitrogen and oxygen atoms in total. The van der Waals surface area contributed by atoms with E-state index in [2.05, 4.69) is 50.6 Å². The van der Waals surface area contributed by atoms with Gasteiger partial charge >= 0.3 is 0 Å². The van der Waals surface area contributed by atoms with Crippen LogP contribution >= 0.6 is 0 Å². The van der Waals surface area contributed by atoms with Crippen LogP contribution in [0.15, 0.2) is 18.3 Å². The fourth-order valence-corrected chi connectivity index (χ4v) is 4.28. The molecule has 1 atom stereocenters. The Labute approximate surface area is 168 Å². The van der Waals surface area contributed by atoms with Crippen molar-refractivity contribution in [1.29, 1.82) is 0 Å². The van der Waals surface area contributed by atoms with Crippen LogP contribution < -0.4 is 11.5 Å². The maximum Gasteiger partial charge on any atom is 0.148 e. The van der Waals surface area contributed by atoms with E-state index in [1.54, 1.807) is 0 Å². The Hall–Kier alpha value is -2.24. The van der Waals surface area contributed by atoms with Crippen LogP contribution in [-0.4, -0.2) is 21.1 Å². The minimum absolute atomic E-state index is 0.264. The Morgan fingerprint density at radius 2 is 1.68 bits per heavy atom. The van der Waals surface area contributed by atoms with Gasteiger partial charge in [-0.1, -0.05) is 31.9 Å². The molecule has 5 heteroatoms. The molecule has 0 spiro atoms. The minimum atomic E-state index is 0.264. The normalized spacial score (nSPS) is 12.7. The topological polar surface area (TPSA) is 82.8 Å². The maximum absolute atomic E-state index is 6.16. The first-order valence-electron chi connectivity index (χ1n) is 10.3. The van der Waals surface area contributed by atoms with Crippen LogP contribution in [0.2, 0.25) is 0 Å². The lowest BCUT2D eigenvalue weighted by molar-refractivity contribution is 0.581. The summed E-state index contributed by atoms with van der Waals surface area (Å²) < 4.78 is 2.22. The highest BCUT2D eigenvalue weighted by Gasteiger charge is 2.21. The van der Waals surface area contributed by atoms with E-state index in [0.717, 1.165) is 47.4 Å². The number of nitrogens with zero attached hydrogens (tertiary/aromatic N) is 3. The van der Waals surface area contributed by atoms with Crippen LogP contribution in [0.4, 0.5) is 0 Å². The Kier molecular flexibility index (Phi) is 6.16. The van der Waals surface area contributed by atoms with Gasteiger partial charge < -0.3 is 16.0 Å². The monoisotopic (exact) mass is 379 g/mol. The summed E-state index contributed by atoms with van der Waals surface area (Å²) in [5.74, 6) is 1.06. The molecule has 4 N–H and O–H groups in total. The molecule has 2 aromatic heterocycles. The summed E-state index contributed by atoms with van der Waals surface area (Å²) in [6.45, 7) is 11.8. The molecule has 28 heavy (non-hydrogen) atoms. The fraction of sp³-hybridized carbons (Fsp3) is 0.478. The maximum atomic E-state index is 6.16. The first-order valence-corrected chi connectivity index (χ1v) is 10.3. The van der Waals surface area contributed by atoms with E-state index in [-0.39, 0.29) is 5.92 Å². The number of rotatable bonds is 7. The first kappa shape index (κ1) is 20.5. The molecule has 0 aliphatic carbocycles. The zero-order valence-corrected chi connectivity index (χ0v) is 17.8. The number of hydrogen-bond donors (Lipinski definition) is 2. The van der Waals surface area contributed by atoms with Gasteiger partial charge in [-0.05, 0) is 56.4 Å². The summed E-state index contributed by atoms with van der Waals surface area (Å²) in [5.41, 5.74) is 20.0. The molecule has 0 saturated heterocycles. The highest BCUT2D eigenvalue weighted by Crippen LogP contribution is 2.33. The van der Waals surface area contributed by atoms with Gasteiger partial charge in [0.1, 0.15) is 11.5 Å². The van der Waals surface area contributed by atoms with Gasteiger partial charge in [0.2, 0.25) is 0 Å². The molecule has 3 aromatic rings. The second kappa shape index (κ2) is 8.41. The highest BCUT2D eigenvalue weighted by atomic mass is 15.1. The number of nitrogens with two attached hydrogens (primary N) is 2. The zero-order chi connectivity index (χ0) is 20.4. The van der Waals surface area contributed by atoms with Gasteiger partial charge in [-0.3, -0.25) is 0 Å². The van der Waals surface area contributed by atoms with Crippen molar-refractivity contribution in [3.63, 3.8) is 0 Å². The van der Waals surface area contributed by atoms with Gasteiger partial charge in [-0.25, -0.2) is 9.97 Å². The largest absolute Gasteiger partial charge is 0.330 e. The van der Waals surface area contributed by atoms with Gasteiger partial charge in [0.15, 0.2) is 0 Å². The Balaban J connectivity index is 2.26. The van der Waals surface area contributed by atoms with Gasteiger partial charge in [-0.15, -0.1) is 0 Å². The number of aromatic nitrogens is 3. The number of fused-ring (bicyclic) bond motifs is 1. The quantitative estimate of drug-likeness (QED) is 0.639. The molecule has 1 unspecified atom stereocenters. The van der Waals surface area contributed by atoms with Gasteiger partial charge in [0, 0.05) is 30.6 Å². The molecule has 0 fully saturated rings.